The number of hydrogen-bond donors (Lipinski definition) is 1. The highest BCUT2D eigenvalue weighted by Crippen LogP contribution is 2.29. The second-order valence-electron chi connectivity index (χ2n) is 5.62. The van der Waals surface area contributed by atoms with E-state index in [1.165, 1.54) is 6.07 Å². The van der Waals surface area contributed by atoms with E-state index in [0.29, 0.717) is 12.6 Å². The number of rotatable bonds is 4. The summed E-state index contributed by atoms with van der Waals surface area (Å²) in [6, 6.07) is 2.10. The van der Waals surface area contributed by atoms with Gasteiger partial charge in [-0.15, -0.1) is 0 Å². The van der Waals surface area contributed by atoms with Crippen LogP contribution in [0.25, 0.3) is 0 Å². The quantitative estimate of drug-likeness (QED) is 0.822. The number of hydrogen-bond acceptors (Lipinski definition) is 5. The molecule has 1 aromatic rings. The van der Waals surface area contributed by atoms with Gasteiger partial charge in [0, 0.05) is 6.20 Å². The van der Waals surface area contributed by atoms with Gasteiger partial charge in [-0.25, -0.2) is 13.4 Å². The predicted octanol–water partition coefficient (Wildman–Crippen LogP) is 1.89. The van der Waals surface area contributed by atoms with Gasteiger partial charge < -0.3 is 5.32 Å². The van der Waals surface area contributed by atoms with Crippen molar-refractivity contribution >= 4 is 27.5 Å². The number of alkyl halides is 3. The van der Waals surface area contributed by atoms with Crippen molar-refractivity contribution < 1.29 is 26.4 Å². The normalized spacial score (nSPS) is 23.7. The van der Waals surface area contributed by atoms with Gasteiger partial charge in [0.25, 0.3) is 0 Å². The average molecular weight is 368 g/mol. The lowest BCUT2D eigenvalue weighted by Gasteiger charge is -2.23. The fourth-order valence-electron chi connectivity index (χ4n) is 2.25. The van der Waals surface area contributed by atoms with Gasteiger partial charge in [0.05, 0.1) is 33.4 Å². The maximum Gasteiger partial charge on any atom is 0.417 e. The van der Waals surface area contributed by atoms with Gasteiger partial charge in [-0.2, -0.15) is 13.2 Å². The topological polar surface area (TPSA) is 76.1 Å². The van der Waals surface area contributed by atoms with Crippen LogP contribution in [0.5, 0.6) is 0 Å². The van der Waals surface area contributed by atoms with E-state index in [4.69, 9.17) is 0 Å². The first kappa shape index (κ1) is 18.1. The van der Waals surface area contributed by atoms with Crippen LogP contribution in [0.1, 0.15) is 18.9 Å². The molecule has 1 N–H and O–H groups in total. The molecule has 0 radical (unpaired) electrons. The van der Waals surface area contributed by atoms with Crippen molar-refractivity contribution in [3.63, 3.8) is 0 Å². The second-order valence-corrected chi connectivity index (χ2v) is 8.80. The first-order valence-corrected chi connectivity index (χ1v) is 9.47. The minimum absolute atomic E-state index is 0.0391. The molecular formula is C13H15F3N2O3S2. The van der Waals surface area contributed by atoms with Crippen molar-refractivity contribution in [2.45, 2.75) is 30.1 Å². The summed E-state index contributed by atoms with van der Waals surface area (Å²) < 4.78 is 60.1. The maximum absolute atomic E-state index is 12.4. The number of amides is 1. The number of pyridine rings is 1. The number of aromatic nitrogens is 1. The molecule has 128 valence electrons. The third-order valence-electron chi connectivity index (χ3n) is 3.36. The van der Waals surface area contributed by atoms with E-state index in [9.17, 15) is 26.4 Å². The van der Waals surface area contributed by atoms with Crippen LogP contribution in [-0.2, 0) is 20.8 Å². The largest absolute Gasteiger partial charge is 0.417 e. The number of sulfone groups is 1. The Hall–Kier alpha value is -1.29. The number of carbonyl (C=O) groups is 1. The van der Waals surface area contributed by atoms with Crippen molar-refractivity contribution in [1.29, 1.82) is 0 Å². The fourth-order valence-corrected chi connectivity index (χ4v) is 4.99. The van der Waals surface area contributed by atoms with Crippen molar-refractivity contribution in [2.75, 3.05) is 17.3 Å². The van der Waals surface area contributed by atoms with Crippen LogP contribution in [0.4, 0.5) is 13.2 Å². The molecule has 1 amide bonds. The molecule has 0 unspecified atom stereocenters. The van der Waals surface area contributed by atoms with Gasteiger partial charge in [0.1, 0.15) is 0 Å². The van der Waals surface area contributed by atoms with Crippen molar-refractivity contribution in [3.05, 3.63) is 23.9 Å². The summed E-state index contributed by atoms with van der Waals surface area (Å²) in [4.78, 5) is 15.5. The summed E-state index contributed by atoms with van der Waals surface area (Å²) in [7, 11) is -3.13. The summed E-state index contributed by atoms with van der Waals surface area (Å²) in [5.41, 5.74) is -1.64. The zero-order valence-electron chi connectivity index (χ0n) is 12.2. The number of thioether (sulfide) groups is 1. The lowest BCUT2D eigenvalue weighted by molar-refractivity contribution is -0.137. The summed E-state index contributed by atoms with van der Waals surface area (Å²) in [5.74, 6) is -0.489. The highest BCUT2D eigenvalue weighted by molar-refractivity contribution is 7.99. The van der Waals surface area contributed by atoms with E-state index in [1.54, 1.807) is 6.92 Å². The molecule has 0 saturated carbocycles. The molecule has 1 saturated heterocycles. The van der Waals surface area contributed by atoms with Crippen molar-refractivity contribution in [1.82, 2.24) is 10.3 Å². The zero-order valence-corrected chi connectivity index (χ0v) is 13.8. The maximum atomic E-state index is 12.4. The van der Waals surface area contributed by atoms with Crippen molar-refractivity contribution in [2.24, 2.45) is 0 Å². The molecule has 2 rings (SSSR count). The molecule has 1 atom stereocenters. The molecule has 5 nitrogen and oxygen atoms in total. The Kier molecular flexibility index (Phi) is 4.95. The summed E-state index contributed by atoms with van der Waals surface area (Å²) >= 11 is 0.990. The third-order valence-corrected chi connectivity index (χ3v) is 6.21. The summed E-state index contributed by atoms with van der Waals surface area (Å²) in [6.45, 7) is 1.66. The van der Waals surface area contributed by atoms with Crippen LogP contribution >= 0.6 is 11.8 Å². The molecule has 10 heteroatoms. The van der Waals surface area contributed by atoms with Gasteiger partial charge in [0.2, 0.25) is 5.91 Å². The molecule has 23 heavy (non-hydrogen) atoms. The van der Waals surface area contributed by atoms with E-state index < -0.39 is 27.1 Å². The third kappa shape index (κ3) is 5.10. The first-order valence-electron chi connectivity index (χ1n) is 6.67. The van der Waals surface area contributed by atoms with Crippen molar-refractivity contribution in [3.8, 4) is 0 Å². The smallest absolute Gasteiger partial charge is 0.349 e. The van der Waals surface area contributed by atoms with Crippen LogP contribution in [0.2, 0.25) is 0 Å². The molecule has 0 aromatic carbocycles. The molecule has 1 aliphatic rings. The zero-order chi connectivity index (χ0) is 17.3. The van der Waals surface area contributed by atoms with E-state index in [2.05, 4.69) is 10.3 Å². The van der Waals surface area contributed by atoms with Crippen LogP contribution in [0.3, 0.4) is 0 Å². The molecule has 0 bridgehead atoms. The lowest BCUT2D eigenvalue weighted by Crippen LogP contribution is -2.47. The van der Waals surface area contributed by atoms with Gasteiger partial charge >= 0.3 is 6.18 Å². The number of halogens is 3. The molecule has 0 spiro atoms. The molecule has 2 heterocycles. The Labute approximate surface area is 136 Å². The number of carbonyl (C=O) groups excluding carboxylic acids is 1. The van der Waals surface area contributed by atoms with E-state index >= 15 is 0 Å². The highest BCUT2D eigenvalue weighted by atomic mass is 32.2. The first-order chi connectivity index (χ1) is 10.5. The van der Waals surface area contributed by atoms with Crippen LogP contribution in [-0.4, -0.2) is 42.1 Å². The lowest BCUT2D eigenvalue weighted by atomic mass is 10.0. The van der Waals surface area contributed by atoms with Gasteiger partial charge in [-0.1, -0.05) is 11.8 Å². The Bertz CT molecular complexity index is 689. The SMILES string of the molecule is C[C@@]1(NC(=O)CSc2ccc(C(F)(F)F)cn2)CCS(=O)(=O)C1. The molecular weight excluding hydrogens is 353 g/mol. The van der Waals surface area contributed by atoms with E-state index in [-0.39, 0.29) is 28.2 Å². The van der Waals surface area contributed by atoms with Crippen LogP contribution in [0.15, 0.2) is 23.4 Å². The highest BCUT2D eigenvalue weighted by Gasteiger charge is 2.39. The standard InChI is InChI=1S/C13H15F3N2O3S2/c1-12(4-5-23(20,21)8-12)18-10(19)7-22-11-3-2-9(6-17-11)13(14,15)16/h2-3,6H,4-5,7-8H2,1H3,(H,18,19)/t12-/m1/s1. The second kappa shape index (κ2) is 6.31. The van der Waals surface area contributed by atoms with Gasteiger partial charge in [-0.05, 0) is 25.5 Å². The summed E-state index contributed by atoms with van der Waals surface area (Å²) in [5, 5.41) is 2.96. The molecule has 1 fully saturated rings. The molecule has 1 aliphatic heterocycles. The van der Waals surface area contributed by atoms with Crippen LogP contribution < -0.4 is 5.32 Å². The van der Waals surface area contributed by atoms with Gasteiger partial charge in [0.15, 0.2) is 9.84 Å². The molecule has 0 aliphatic carbocycles. The monoisotopic (exact) mass is 368 g/mol. The molecule has 1 aromatic heterocycles. The van der Waals surface area contributed by atoms with Gasteiger partial charge in [-0.3, -0.25) is 4.79 Å². The number of nitrogens with one attached hydrogen (secondary N) is 1. The van der Waals surface area contributed by atoms with E-state index in [1.807, 2.05) is 0 Å². The minimum Gasteiger partial charge on any atom is -0.349 e. The Morgan fingerprint density at radius 1 is 1.43 bits per heavy atom. The Morgan fingerprint density at radius 3 is 2.61 bits per heavy atom. The Balaban J connectivity index is 1.87. The number of nitrogens with zero attached hydrogens (tertiary/aromatic N) is 1. The summed E-state index contributed by atoms with van der Waals surface area (Å²) in [6.07, 6.45) is -3.38. The average Bonchev–Trinajstić information content (AvgIpc) is 2.69. The van der Waals surface area contributed by atoms with Crippen LogP contribution in [0, 0.1) is 0 Å². The van der Waals surface area contributed by atoms with E-state index in [0.717, 1.165) is 17.8 Å². The Morgan fingerprint density at radius 2 is 2.13 bits per heavy atom. The minimum atomic E-state index is -4.45. The fraction of sp³-hybridized carbons (Fsp3) is 0.538. The predicted molar refractivity (Wildman–Crippen MR) is 79.8 cm³/mol.